The van der Waals surface area contributed by atoms with Gasteiger partial charge >= 0.3 is 0 Å². The molecule has 0 aromatic heterocycles. The van der Waals surface area contributed by atoms with Gasteiger partial charge in [-0.05, 0) is 12.8 Å². The van der Waals surface area contributed by atoms with Crippen LogP contribution in [0.3, 0.4) is 0 Å². The van der Waals surface area contributed by atoms with Gasteiger partial charge in [0, 0.05) is 18.6 Å². The summed E-state index contributed by atoms with van der Waals surface area (Å²) in [4.78, 5) is 0. The van der Waals surface area contributed by atoms with Crippen LogP contribution in [0.4, 0.5) is 0 Å². The zero-order valence-electron chi connectivity index (χ0n) is 10.5. The Balaban J connectivity index is 2.56. The van der Waals surface area contributed by atoms with Crippen molar-refractivity contribution in [2.45, 2.75) is 51.8 Å². The van der Waals surface area contributed by atoms with Crippen molar-refractivity contribution in [1.29, 1.82) is 0 Å². The van der Waals surface area contributed by atoms with Gasteiger partial charge in [-0.2, -0.15) is 0 Å². The molecule has 0 saturated heterocycles. The molecule has 1 aliphatic rings. The number of ether oxygens (including phenoxy) is 1. The standard InChI is InChI=1S/C11H23N3O2/c1-5-7(10(12)14-15)13-8-6-9(16-4)11(8,2)3/h7-9,13,15H,5-6H2,1-4H3,(H2,12,14). The van der Waals surface area contributed by atoms with E-state index >= 15 is 0 Å². The summed E-state index contributed by atoms with van der Waals surface area (Å²) in [6.07, 6.45) is 2.06. The van der Waals surface area contributed by atoms with Crippen molar-refractivity contribution >= 4 is 5.84 Å². The van der Waals surface area contributed by atoms with Crippen LogP contribution in [0, 0.1) is 5.41 Å². The van der Waals surface area contributed by atoms with Gasteiger partial charge in [-0.25, -0.2) is 0 Å². The van der Waals surface area contributed by atoms with E-state index in [0.717, 1.165) is 12.8 Å². The summed E-state index contributed by atoms with van der Waals surface area (Å²) >= 11 is 0. The first-order valence-corrected chi connectivity index (χ1v) is 5.73. The minimum Gasteiger partial charge on any atom is -0.409 e. The summed E-state index contributed by atoms with van der Waals surface area (Å²) in [5.41, 5.74) is 5.71. The summed E-state index contributed by atoms with van der Waals surface area (Å²) in [6.45, 7) is 6.35. The third-order valence-electron chi connectivity index (χ3n) is 3.75. The van der Waals surface area contributed by atoms with Gasteiger partial charge in [0.1, 0.15) is 0 Å². The number of amidine groups is 1. The molecule has 0 bridgehead atoms. The maximum Gasteiger partial charge on any atom is 0.156 e. The first-order chi connectivity index (χ1) is 7.47. The lowest BCUT2D eigenvalue weighted by atomic mass is 9.64. The number of methoxy groups -OCH3 is 1. The fourth-order valence-electron chi connectivity index (χ4n) is 2.29. The molecule has 0 spiro atoms. The van der Waals surface area contributed by atoms with Crippen LogP contribution >= 0.6 is 0 Å². The molecule has 0 aromatic rings. The fraction of sp³-hybridized carbons (Fsp3) is 0.909. The molecule has 1 rings (SSSR count). The summed E-state index contributed by atoms with van der Waals surface area (Å²) in [5.74, 6) is 0.249. The van der Waals surface area contributed by atoms with Gasteiger partial charge in [-0.1, -0.05) is 25.9 Å². The highest BCUT2D eigenvalue weighted by Crippen LogP contribution is 2.42. The van der Waals surface area contributed by atoms with Crippen molar-refractivity contribution in [3.05, 3.63) is 0 Å². The molecular formula is C11H23N3O2. The molecule has 16 heavy (non-hydrogen) atoms. The predicted octanol–water partition coefficient (Wildman–Crippen LogP) is 0.915. The van der Waals surface area contributed by atoms with Crippen LogP contribution in [-0.2, 0) is 4.74 Å². The van der Waals surface area contributed by atoms with Gasteiger partial charge < -0.3 is 21.0 Å². The second-order valence-electron chi connectivity index (χ2n) is 4.99. The van der Waals surface area contributed by atoms with Crippen molar-refractivity contribution in [3.8, 4) is 0 Å². The number of hydrogen-bond acceptors (Lipinski definition) is 4. The van der Waals surface area contributed by atoms with E-state index in [0.29, 0.717) is 6.04 Å². The number of rotatable bonds is 5. The van der Waals surface area contributed by atoms with Crippen LogP contribution in [0.15, 0.2) is 5.16 Å². The molecule has 5 nitrogen and oxygen atoms in total. The highest BCUT2D eigenvalue weighted by Gasteiger charge is 2.49. The summed E-state index contributed by atoms with van der Waals surface area (Å²) < 4.78 is 5.38. The van der Waals surface area contributed by atoms with E-state index in [1.54, 1.807) is 7.11 Å². The molecule has 3 atom stereocenters. The molecule has 4 N–H and O–H groups in total. The molecule has 0 heterocycles. The lowest BCUT2D eigenvalue weighted by Crippen LogP contribution is -2.64. The third-order valence-corrected chi connectivity index (χ3v) is 3.75. The molecule has 1 fully saturated rings. The van der Waals surface area contributed by atoms with E-state index in [1.165, 1.54) is 0 Å². The number of nitrogens with zero attached hydrogens (tertiary/aromatic N) is 1. The summed E-state index contributed by atoms with van der Waals surface area (Å²) in [6, 6.07) is 0.287. The van der Waals surface area contributed by atoms with Gasteiger partial charge in [0.25, 0.3) is 0 Å². The van der Waals surface area contributed by atoms with E-state index in [-0.39, 0.29) is 23.4 Å². The van der Waals surface area contributed by atoms with Gasteiger partial charge in [0.05, 0.1) is 12.1 Å². The Labute approximate surface area is 97.0 Å². The van der Waals surface area contributed by atoms with E-state index in [4.69, 9.17) is 15.7 Å². The molecule has 0 amide bonds. The minimum absolute atomic E-state index is 0.0629. The second-order valence-corrected chi connectivity index (χ2v) is 4.99. The average molecular weight is 229 g/mol. The molecule has 3 unspecified atom stereocenters. The Hall–Kier alpha value is -0.810. The lowest BCUT2D eigenvalue weighted by Gasteiger charge is -2.52. The van der Waals surface area contributed by atoms with Gasteiger partial charge in [0.2, 0.25) is 0 Å². The van der Waals surface area contributed by atoms with Crippen molar-refractivity contribution in [2.24, 2.45) is 16.3 Å². The highest BCUT2D eigenvalue weighted by molar-refractivity contribution is 5.85. The smallest absolute Gasteiger partial charge is 0.156 e. The fourth-order valence-corrected chi connectivity index (χ4v) is 2.29. The first-order valence-electron chi connectivity index (χ1n) is 5.73. The Bertz CT molecular complexity index is 266. The van der Waals surface area contributed by atoms with Crippen LogP contribution in [0.2, 0.25) is 0 Å². The first kappa shape index (κ1) is 13.3. The van der Waals surface area contributed by atoms with Gasteiger partial charge in [0.15, 0.2) is 5.84 Å². The predicted molar refractivity (Wildman–Crippen MR) is 63.6 cm³/mol. The molecule has 1 aliphatic carbocycles. The van der Waals surface area contributed by atoms with E-state index < -0.39 is 0 Å². The minimum atomic E-state index is -0.0629. The maximum absolute atomic E-state index is 8.67. The Morgan fingerprint density at radius 1 is 1.69 bits per heavy atom. The molecular weight excluding hydrogens is 206 g/mol. The average Bonchev–Trinajstić information content (AvgIpc) is 2.27. The number of nitrogens with two attached hydrogens (primary N) is 1. The van der Waals surface area contributed by atoms with Crippen LogP contribution in [-0.4, -0.2) is 36.3 Å². The quantitative estimate of drug-likeness (QED) is 0.283. The van der Waals surface area contributed by atoms with Crippen LogP contribution in [0.1, 0.15) is 33.6 Å². The summed E-state index contributed by atoms with van der Waals surface area (Å²) in [5, 5.41) is 15.1. The maximum atomic E-state index is 8.67. The van der Waals surface area contributed by atoms with Crippen molar-refractivity contribution in [1.82, 2.24) is 5.32 Å². The van der Waals surface area contributed by atoms with Crippen molar-refractivity contribution in [2.75, 3.05) is 7.11 Å². The highest BCUT2D eigenvalue weighted by atomic mass is 16.5. The van der Waals surface area contributed by atoms with E-state index in [1.807, 2.05) is 6.92 Å². The molecule has 0 aromatic carbocycles. The Kier molecular flexibility index (Phi) is 4.15. The molecule has 94 valence electrons. The lowest BCUT2D eigenvalue weighted by molar-refractivity contribution is -0.0986. The summed E-state index contributed by atoms with van der Waals surface area (Å²) in [7, 11) is 1.74. The van der Waals surface area contributed by atoms with Crippen molar-refractivity contribution in [3.63, 3.8) is 0 Å². The number of oxime groups is 1. The Morgan fingerprint density at radius 3 is 2.69 bits per heavy atom. The SMILES string of the molecule is CCC(NC1CC(OC)C1(C)C)C(N)=NO. The number of hydrogen-bond donors (Lipinski definition) is 3. The zero-order valence-corrected chi connectivity index (χ0v) is 10.5. The second kappa shape index (κ2) is 5.01. The molecule has 0 aliphatic heterocycles. The van der Waals surface area contributed by atoms with E-state index in [2.05, 4.69) is 24.3 Å². The molecule has 0 radical (unpaired) electrons. The van der Waals surface area contributed by atoms with Gasteiger partial charge in [-0.15, -0.1) is 0 Å². The van der Waals surface area contributed by atoms with Crippen molar-refractivity contribution < 1.29 is 9.94 Å². The molecule has 1 saturated carbocycles. The van der Waals surface area contributed by atoms with Crippen LogP contribution in [0.5, 0.6) is 0 Å². The van der Waals surface area contributed by atoms with Gasteiger partial charge in [-0.3, -0.25) is 0 Å². The third kappa shape index (κ3) is 2.30. The Morgan fingerprint density at radius 2 is 2.31 bits per heavy atom. The topological polar surface area (TPSA) is 79.9 Å². The normalized spacial score (nSPS) is 30.9. The van der Waals surface area contributed by atoms with Crippen LogP contribution < -0.4 is 11.1 Å². The van der Waals surface area contributed by atoms with E-state index in [9.17, 15) is 0 Å². The number of nitrogens with one attached hydrogen (secondary N) is 1. The molecule has 5 heteroatoms. The largest absolute Gasteiger partial charge is 0.409 e. The zero-order chi connectivity index (χ0) is 12.3. The monoisotopic (exact) mass is 229 g/mol. The van der Waals surface area contributed by atoms with Crippen LogP contribution in [0.25, 0.3) is 0 Å².